The molecule has 0 saturated heterocycles. The van der Waals surface area contributed by atoms with Crippen molar-refractivity contribution in [1.29, 1.82) is 0 Å². The Kier molecular flexibility index (Phi) is 6.15. The van der Waals surface area contributed by atoms with Crippen molar-refractivity contribution in [3.63, 3.8) is 0 Å². The summed E-state index contributed by atoms with van der Waals surface area (Å²) in [5, 5.41) is 3.41. The molecule has 0 saturated carbocycles. The van der Waals surface area contributed by atoms with Gasteiger partial charge in [-0.2, -0.15) is 0 Å². The Bertz CT molecular complexity index is 429. The molecule has 1 unspecified atom stereocenters. The molecule has 5 heteroatoms. The zero-order valence-corrected chi connectivity index (χ0v) is 14.1. The highest BCUT2D eigenvalue weighted by molar-refractivity contribution is 5.55. The standard InChI is InChI=1S/C16H27NO4/c1-11(10-17-16(2,3)4)21-12-8-13(18-5)15(20-7)14(9-12)19-6/h8-9,11,17H,10H2,1-7H3. The first-order chi connectivity index (χ1) is 9.80. The molecule has 120 valence electrons. The molecule has 0 bridgehead atoms. The van der Waals surface area contributed by atoms with E-state index >= 15 is 0 Å². The first-order valence-electron chi connectivity index (χ1n) is 7.02. The van der Waals surface area contributed by atoms with E-state index < -0.39 is 0 Å². The monoisotopic (exact) mass is 297 g/mol. The summed E-state index contributed by atoms with van der Waals surface area (Å²) in [6, 6.07) is 3.60. The summed E-state index contributed by atoms with van der Waals surface area (Å²) >= 11 is 0. The van der Waals surface area contributed by atoms with Crippen LogP contribution in [0.5, 0.6) is 23.0 Å². The molecule has 0 fully saturated rings. The lowest BCUT2D eigenvalue weighted by molar-refractivity contribution is 0.201. The second-order valence-electron chi connectivity index (χ2n) is 5.92. The maximum atomic E-state index is 5.92. The maximum absolute atomic E-state index is 5.92. The molecule has 1 aromatic rings. The van der Waals surface area contributed by atoms with Crippen LogP contribution in [0.25, 0.3) is 0 Å². The van der Waals surface area contributed by atoms with Gasteiger partial charge in [0.2, 0.25) is 5.75 Å². The SMILES string of the molecule is COc1cc(OC(C)CNC(C)(C)C)cc(OC)c1OC. The van der Waals surface area contributed by atoms with Gasteiger partial charge in [0.15, 0.2) is 11.5 Å². The van der Waals surface area contributed by atoms with Gasteiger partial charge >= 0.3 is 0 Å². The van der Waals surface area contributed by atoms with E-state index in [0.717, 1.165) is 6.54 Å². The van der Waals surface area contributed by atoms with Crippen LogP contribution in [0.2, 0.25) is 0 Å². The summed E-state index contributed by atoms with van der Waals surface area (Å²) in [7, 11) is 4.76. The number of nitrogens with one attached hydrogen (secondary N) is 1. The fourth-order valence-corrected chi connectivity index (χ4v) is 1.85. The van der Waals surface area contributed by atoms with Gasteiger partial charge in [0.1, 0.15) is 11.9 Å². The molecule has 0 heterocycles. The van der Waals surface area contributed by atoms with Crippen LogP contribution < -0.4 is 24.3 Å². The van der Waals surface area contributed by atoms with Gasteiger partial charge in [0.05, 0.1) is 21.3 Å². The molecule has 0 aliphatic carbocycles. The number of hydrogen-bond acceptors (Lipinski definition) is 5. The van der Waals surface area contributed by atoms with E-state index in [0.29, 0.717) is 23.0 Å². The fourth-order valence-electron chi connectivity index (χ4n) is 1.85. The van der Waals surface area contributed by atoms with Crippen LogP contribution >= 0.6 is 0 Å². The zero-order chi connectivity index (χ0) is 16.0. The number of rotatable bonds is 7. The second kappa shape index (κ2) is 7.41. The molecule has 21 heavy (non-hydrogen) atoms. The van der Waals surface area contributed by atoms with Crippen molar-refractivity contribution in [3.8, 4) is 23.0 Å². The predicted octanol–water partition coefficient (Wildman–Crippen LogP) is 2.87. The summed E-state index contributed by atoms with van der Waals surface area (Å²) < 4.78 is 21.8. The Hall–Kier alpha value is -1.62. The largest absolute Gasteiger partial charge is 0.493 e. The average molecular weight is 297 g/mol. The molecule has 1 N–H and O–H groups in total. The van der Waals surface area contributed by atoms with Gasteiger partial charge < -0.3 is 24.3 Å². The number of hydrogen-bond donors (Lipinski definition) is 1. The Morgan fingerprint density at radius 2 is 1.52 bits per heavy atom. The highest BCUT2D eigenvalue weighted by Crippen LogP contribution is 2.40. The van der Waals surface area contributed by atoms with Crippen molar-refractivity contribution in [2.75, 3.05) is 27.9 Å². The number of methoxy groups -OCH3 is 3. The van der Waals surface area contributed by atoms with Gasteiger partial charge in [-0.25, -0.2) is 0 Å². The van der Waals surface area contributed by atoms with Crippen LogP contribution in [0, 0.1) is 0 Å². The highest BCUT2D eigenvalue weighted by Gasteiger charge is 2.16. The van der Waals surface area contributed by atoms with E-state index in [1.54, 1.807) is 33.5 Å². The smallest absolute Gasteiger partial charge is 0.203 e. The molecular weight excluding hydrogens is 270 g/mol. The van der Waals surface area contributed by atoms with Crippen molar-refractivity contribution in [3.05, 3.63) is 12.1 Å². The molecular formula is C16H27NO4. The Morgan fingerprint density at radius 1 is 1.00 bits per heavy atom. The summed E-state index contributed by atoms with van der Waals surface area (Å²) in [6.45, 7) is 9.14. The van der Waals surface area contributed by atoms with Crippen LogP contribution in [0.4, 0.5) is 0 Å². The van der Waals surface area contributed by atoms with Crippen molar-refractivity contribution in [2.45, 2.75) is 39.3 Å². The summed E-state index contributed by atoms with van der Waals surface area (Å²) in [4.78, 5) is 0. The van der Waals surface area contributed by atoms with E-state index in [1.807, 2.05) is 6.92 Å². The van der Waals surface area contributed by atoms with Gasteiger partial charge in [-0.1, -0.05) is 0 Å². The molecule has 0 amide bonds. The van der Waals surface area contributed by atoms with Crippen molar-refractivity contribution in [2.24, 2.45) is 0 Å². The normalized spacial score (nSPS) is 12.7. The van der Waals surface area contributed by atoms with Crippen LogP contribution in [0.3, 0.4) is 0 Å². The molecule has 0 radical (unpaired) electrons. The molecule has 0 aliphatic rings. The van der Waals surface area contributed by atoms with E-state index in [-0.39, 0.29) is 11.6 Å². The molecule has 0 aromatic heterocycles. The third-order valence-electron chi connectivity index (χ3n) is 2.90. The quantitative estimate of drug-likeness (QED) is 0.838. The maximum Gasteiger partial charge on any atom is 0.203 e. The van der Waals surface area contributed by atoms with Gasteiger partial charge in [-0.3, -0.25) is 0 Å². The van der Waals surface area contributed by atoms with Gasteiger partial charge in [-0.15, -0.1) is 0 Å². The third-order valence-corrected chi connectivity index (χ3v) is 2.90. The molecule has 5 nitrogen and oxygen atoms in total. The average Bonchev–Trinajstić information content (AvgIpc) is 2.43. The molecule has 0 spiro atoms. The van der Waals surface area contributed by atoms with Gasteiger partial charge in [-0.05, 0) is 27.7 Å². The Labute approximate surface area is 127 Å². The van der Waals surface area contributed by atoms with Crippen LogP contribution in [0.15, 0.2) is 12.1 Å². The molecule has 0 aliphatic heterocycles. The van der Waals surface area contributed by atoms with E-state index in [2.05, 4.69) is 26.1 Å². The lowest BCUT2D eigenvalue weighted by Crippen LogP contribution is -2.41. The zero-order valence-electron chi connectivity index (χ0n) is 14.1. The first kappa shape index (κ1) is 17.4. The lowest BCUT2D eigenvalue weighted by Gasteiger charge is -2.24. The number of benzene rings is 1. The van der Waals surface area contributed by atoms with E-state index in [1.165, 1.54) is 0 Å². The van der Waals surface area contributed by atoms with Crippen molar-refractivity contribution in [1.82, 2.24) is 5.32 Å². The first-order valence-corrected chi connectivity index (χ1v) is 7.02. The summed E-state index contributed by atoms with van der Waals surface area (Å²) in [5.41, 5.74) is 0.0624. The lowest BCUT2D eigenvalue weighted by atomic mass is 10.1. The minimum absolute atomic E-state index is 0.0204. The highest BCUT2D eigenvalue weighted by atomic mass is 16.5. The summed E-state index contributed by atoms with van der Waals surface area (Å²) in [5.74, 6) is 2.42. The summed E-state index contributed by atoms with van der Waals surface area (Å²) in [6.07, 6.45) is 0.0204. The topological polar surface area (TPSA) is 49.0 Å². The predicted molar refractivity (Wildman–Crippen MR) is 83.9 cm³/mol. The Balaban J connectivity index is 2.83. The minimum Gasteiger partial charge on any atom is -0.493 e. The van der Waals surface area contributed by atoms with Gasteiger partial charge in [0, 0.05) is 24.2 Å². The second-order valence-corrected chi connectivity index (χ2v) is 5.92. The molecule has 1 atom stereocenters. The minimum atomic E-state index is 0.0204. The number of ether oxygens (including phenoxy) is 4. The third kappa shape index (κ3) is 5.34. The van der Waals surface area contributed by atoms with Crippen molar-refractivity contribution >= 4 is 0 Å². The fraction of sp³-hybridized carbons (Fsp3) is 0.625. The Morgan fingerprint density at radius 3 is 1.90 bits per heavy atom. The van der Waals surface area contributed by atoms with Crippen molar-refractivity contribution < 1.29 is 18.9 Å². The molecule has 1 aromatic carbocycles. The van der Waals surface area contributed by atoms with Gasteiger partial charge in [0.25, 0.3) is 0 Å². The van der Waals surface area contributed by atoms with E-state index in [9.17, 15) is 0 Å². The van der Waals surface area contributed by atoms with E-state index in [4.69, 9.17) is 18.9 Å². The molecule has 1 rings (SSSR count). The van der Waals surface area contributed by atoms with Crippen LogP contribution in [-0.2, 0) is 0 Å². The van der Waals surface area contributed by atoms with Crippen LogP contribution in [-0.4, -0.2) is 39.5 Å². The van der Waals surface area contributed by atoms with Crippen LogP contribution in [0.1, 0.15) is 27.7 Å².